The molecule has 2 aromatic carbocycles. The molecule has 4 rings (SSSR count). The smallest absolute Gasteiger partial charge is 0.270 e. The van der Waals surface area contributed by atoms with E-state index in [1.807, 2.05) is 24.1 Å². The molecule has 0 radical (unpaired) electrons. The average Bonchev–Trinajstić information content (AvgIpc) is 2.85. The molecule has 0 aromatic heterocycles. The lowest BCUT2D eigenvalue weighted by Gasteiger charge is -2.32. The first-order valence-corrected chi connectivity index (χ1v) is 12.7. The van der Waals surface area contributed by atoms with Gasteiger partial charge in [-0.3, -0.25) is 10.1 Å². The first kappa shape index (κ1) is 23.5. The van der Waals surface area contributed by atoms with Crippen molar-refractivity contribution in [2.45, 2.75) is 30.7 Å². The minimum atomic E-state index is -3.92. The van der Waals surface area contributed by atoms with Crippen molar-refractivity contribution in [1.82, 2.24) is 4.31 Å². The number of nitro groups is 1. The summed E-state index contributed by atoms with van der Waals surface area (Å²) in [5.74, 6) is 0. The molecule has 0 saturated carbocycles. The number of anilines is 2. The SMILES string of the molecule is CN(Cc1ccccc1N1CCCCC1)c1ccc([N+](=O)[O-])cc1S(=O)(=O)N1CCOCC1. The van der Waals surface area contributed by atoms with E-state index >= 15 is 0 Å². The van der Waals surface area contributed by atoms with Gasteiger partial charge in [-0.2, -0.15) is 4.31 Å². The summed E-state index contributed by atoms with van der Waals surface area (Å²) in [6.07, 6.45) is 3.56. The van der Waals surface area contributed by atoms with Crippen LogP contribution in [0.2, 0.25) is 0 Å². The number of morpholine rings is 1. The van der Waals surface area contributed by atoms with Crippen LogP contribution in [0.5, 0.6) is 0 Å². The number of ether oxygens (including phenoxy) is 1. The fraction of sp³-hybridized carbons (Fsp3) is 0.478. The highest BCUT2D eigenvalue weighted by molar-refractivity contribution is 7.89. The highest BCUT2D eigenvalue weighted by Gasteiger charge is 2.31. The maximum atomic E-state index is 13.5. The second-order valence-corrected chi connectivity index (χ2v) is 10.4. The molecule has 0 spiro atoms. The van der Waals surface area contributed by atoms with Crippen molar-refractivity contribution in [3.8, 4) is 0 Å². The van der Waals surface area contributed by atoms with Crippen molar-refractivity contribution in [1.29, 1.82) is 0 Å². The maximum Gasteiger partial charge on any atom is 0.270 e. The summed E-state index contributed by atoms with van der Waals surface area (Å²) in [4.78, 5) is 15.0. The molecule has 0 amide bonds. The molecule has 0 unspecified atom stereocenters. The summed E-state index contributed by atoms with van der Waals surface area (Å²) in [6, 6.07) is 12.2. The zero-order chi connectivity index (χ0) is 23.4. The highest BCUT2D eigenvalue weighted by atomic mass is 32.2. The van der Waals surface area contributed by atoms with E-state index in [9.17, 15) is 18.5 Å². The van der Waals surface area contributed by atoms with E-state index in [1.54, 1.807) is 0 Å². The van der Waals surface area contributed by atoms with Crippen LogP contribution in [0.15, 0.2) is 47.4 Å². The second-order valence-electron chi connectivity index (χ2n) is 8.46. The monoisotopic (exact) mass is 474 g/mol. The van der Waals surface area contributed by atoms with Crippen LogP contribution >= 0.6 is 0 Å². The van der Waals surface area contributed by atoms with Gasteiger partial charge in [-0.15, -0.1) is 0 Å². The number of piperidine rings is 1. The molecule has 2 fully saturated rings. The minimum Gasteiger partial charge on any atom is -0.379 e. The molecule has 2 saturated heterocycles. The molecule has 2 aromatic rings. The molecule has 0 bridgehead atoms. The van der Waals surface area contributed by atoms with E-state index in [2.05, 4.69) is 17.0 Å². The summed E-state index contributed by atoms with van der Waals surface area (Å²) in [6.45, 7) is 3.57. The number of para-hydroxylation sites is 1. The minimum absolute atomic E-state index is 0.0449. The fourth-order valence-corrected chi connectivity index (χ4v) is 6.16. The number of sulfonamides is 1. The number of rotatable bonds is 7. The van der Waals surface area contributed by atoms with Gasteiger partial charge in [-0.25, -0.2) is 8.42 Å². The van der Waals surface area contributed by atoms with Crippen LogP contribution in [0.4, 0.5) is 17.1 Å². The van der Waals surface area contributed by atoms with Crippen molar-refractivity contribution < 1.29 is 18.1 Å². The Morgan fingerprint density at radius 3 is 2.42 bits per heavy atom. The van der Waals surface area contributed by atoms with E-state index < -0.39 is 14.9 Å². The quantitative estimate of drug-likeness (QED) is 0.449. The molecule has 2 aliphatic heterocycles. The number of nitrogens with zero attached hydrogens (tertiary/aromatic N) is 4. The molecular formula is C23H30N4O5S. The molecule has 10 heteroatoms. The van der Waals surface area contributed by atoms with Gasteiger partial charge >= 0.3 is 0 Å². The molecular weight excluding hydrogens is 444 g/mol. The van der Waals surface area contributed by atoms with E-state index in [1.165, 1.54) is 28.9 Å². The summed E-state index contributed by atoms with van der Waals surface area (Å²) < 4.78 is 33.6. The van der Waals surface area contributed by atoms with Gasteiger partial charge < -0.3 is 14.5 Å². The average molecular weight is 475 g/mol. The van der Waals surface area contributed by atoms with Crippen molar-refractivity contribution in [2.24, 2.45) is 0 Å². The predicted octanol–water partition coefficient (Wildman–Crippen LogP) is 3.24. The third-order valence-electron chi connectivity index (χ3n) is 6.25. The Labute approximate surface area is 194 Å². The van der Waals surface area contributed by atoms with Gasteiger partial charge in [0.1, 0.15) is 4.90 Å². The molecule has 9 nitrogen and oxygen atoms in total. The topological polar surface area (TPSA) is 96.2 Å². The second kappa shape index (κ2) is 10.1. The van der Waals surface area contributed by atoms with Crippen LogP contribution in [-0.2, 0) is 21.3 Å². The van der Waals surface area contributed by atoms with Gasteiger partial charge in [0.25, 0.3) is 5.69 Å². The van der Waals surface area contributed by atoms with Crippen molar-refractivity contribution in [2.75, 3.05) is 56.2 Å². The molecule has 2 aliphatic rings. The van der Waals surface area contributed by atoms with Gasteiger partial charge in [-0.05, 0) is 37.0 Å². The maximum absolute atomic E-state index is 13.5. The fourth-order valence-electron chi connectivity index (χ4n) is 4.49. The van der Waals surface area contributed by atoms with E-state index in [-0.39, 0.29) is 23.7 Å². The Bertz CT molecular complexity index is 1100. The van der Waals surface area contributed by atoms with Crippen LogP contribution in [0, 0.1) is 10.1 Å². The van der Waals surface area contributed by atoms with E-state index in [4.69, 9.17) is 4.74 Å². The van der Waals surface area contributed by atoms with Crippen LogP contribution in [0.3, 0.4) is 0 Å². The summed E-state index contributed by atoms with van der Waals surface area (Å²) >= 11 is 0. The largest absolute Gasteiger partial charge is 0.379 e. The van der Waals surface area contributed by atoms with Gasteiger partial charge in [0, 0.05) is 57.6 Å². The zero-order valence-electron chi connectivity index (χ0n) is 18.9. The van der Waals surface area contributed by atoms with E-state index in [0.29, 0.717) is 25.4 Å². The molecule has 0 atom stereocenters. The van der Waals surface area contributed by atoms with Crippen LogP contribution in [0.1, 0.15) is 24.8 Å². The van der Waals surface area contributed by atoms with Gasteiger partial charge in [-0.1, -0.05) is 18.2 Å². The van der Waals surface area contributed by atoms with Crippen molar-refractivity contribution in [3.63, 3.8) is 0 Å². The summed E-state index contributed by atoms with van der Waals surface area (Å²) in [5.41, 5.74) is 2.45. The Morgan fingerprint density at radius 2 is 1.73 bits per heavy atom. The predicted molar refractivity (Wildman–Crippen MR) is 127 cm³/mol. The Balaban J connectivity index is 1.68. The lowest BCUT2D eigenvalue weighted by Crippen LogP contribution is -2.41. The third kappa shape index (κ3) is 5.13. The molecule has 178 valence electrons. The normalized spacial score (nSPS) is 17.7. The number of nitro benzene ring substituents is 1. The standard InChI is InChI=1S/C23H30N4O5S/c1-24(18-19-7-3-4-8-21(19)25-11-5-2-6-12-25)22-10-9-20(27(28)29)17-23(22)33(30,31)26-13-15-32-16-14-26/h3-4,7-10,17H,2,5-6,11-16,18H2,1H3. The lowest BCUT2D eigenvalue weighted by molar-refractivity contribution is -0.385. The Hall–Kier alpha value is -2.69. The zero-order valence-corrected chi connectivity index (χ0v) is 19.7. The Kier molecular flexibility index (Phi) is 7.16. The summed E-state index contributed by atoms with van der Waals surface area (Å²) in [5, 5.41) is 11.4. The van der Waals surface area contributed by atoms with Crippen LogP contribution < -0.4 is 9.80 Å². The Morgan fingerprint density at radius 1 is 1.03 bits per heavy atom. The summed E-state index contributed by atoms with van der Waals surface area (Å²) in [7, 11) is -2.09. The van der Waals surface area contributed by atoms with Gasteiger partial charge in [0.15, 0.2) is 0 Å². The first-order valence-electron chi connectivity index (χ1n) is 11.3. The van der Waals surface area contributed by atoms with Gasteiger partial charge in [0.2, 0.25) is 10.0 Å². The van der Waals surface area contributed by atoms with Gasteiger partial charge in [0.05, 0.1) is 23.8 Å². The third-order valence-corrected chi connectivity index (χ3v) is 8.18. The van der Waals surface area contributed by atoms with E-state index in [0.717, 1.165) is 37.2 Å². The number of non-ortho nitro benzene ring substituents is 1. The van der Waals surface area contributed by atoms with Crippen LogP contribution in [-0.4, -0.2) is 64.1 Å². The molecule has 2 heterocycles. The lowest BCUT2D eigenvalue weighted by atomic mass is 10.1. The van der Waals surface area contributed by atoms with Crippen molar-refractivity contribution >= 4 is 27.1 Å². The number of hydrogen-bond donors (Lipinski definition) is 0. The number of benzene rings is 2. The molecule has 0 N–H and O–H groups in total. The number of hydrogen-bond acceptors (Lipinski definition) is 7. The highest BCUT2D eigenvalue weighted by Crippen LogP contribution is 2.33. The first-order chi connectivity index (χ1) is 15.9. The van der Waals surface area contributed by atoms with Crippen LogP contribution in [0.25, 0.3) is 0 Å². The molecule has 0 aliphatic carbocycles. The van der Waals surface area contributed by atoms with Crippen molar-refractivity contribution in [3.05, 3.63) is 58.1 Å². The molecule has 33 heavy (non-hydrogen) atoms.